The van der Waals surface area contributed by atoms with Crippen LogP contribution in [0.1, 0.15) is 12.7 Å². The highest BCUT2D eigenvalue weighted by molar-refractivity contribution is 9.10. The van der Waals surface area contributed by atoms with Gasteiger partial charge in [0.25, 0.3) is 0 Å². The van der Waals surface area contributed by atoms with Gasteiger partial charge >= 0.3 is 0 Å². The summed E-state index contributed by atoms with van der Waals surface area (Å²) in [5.41, 5.74) is 7.80. The van der Waals surface area contributed by atoms with Gasteiger partial charge in [0.15, 0.2) is 0 Å². The van der Waals surface area contributed by atoms with Crippen molar-refractivity contribution in [2.24, 2.45) is 0 Å². The number of benzene rings is 1. The maximum Gasteiger partial charge on any atom is 0.131 e. The predicted octanol–water partition coefficient (Wildman–Crippen LogP) is 3.88. The Bertz CT molecular complexity index is 563. The van der Waals surface area contributed by atoms with Crippen LogP contribution in [0.2, 0.25) is 5.02 Å². The minimum atomic E-state index is 0.673. The van der Waals surface area contributed by atoms with E-state index in [1.54, 1.807) is 0 Å². The van der Waals surface area contributed by atoms with Gasteiger partial charge in [-0.25, -0.2) is 4.98 Å². The van der Waals surface area contributed by atoms with Crippen LogP contribution in [0, 0.1) is 6.92 Å². The highest BCUT2D eigenvalue weighted by Gasteiger charge is 2.15. The van der Waals surface area contributed by atoms with Gasteiger partial charge in [-0.15, -0.1) is 0 Å². The van der Waals surface area contributed by atoms with Gasteiger partial charge in [0.2, 0.25) is 0 Å². The molecule has 2 N–H and O–H groups in total. The first-order valence-electron chi connectivity index (χ1n) is 5.32. The maximum absolute atomic E-state index is 6.10. The molecule has 0 aliphatic rings. The third-order valence-electron chi connectivity index (χ3n) is 2.70. The van der Waals surface area contributed by atoms with Crippen molar-refractivity contribution < 1.29 is 0 Å². The summed E-state index contributed by atoms with van der Waals surface area (Å²) in [6.07, 6.45) is 0. The van der Waals surface area contributed by atoms with Crippen LogP contribution in [-0.2, 0) is 6.54 Å². The fourth-order valence-corrected chi connectivity index (χ4v) is 2.46. The molecular formula is C12H13BrClN3. The van der Waals surface area contributed by atoms with Gasteiger partial charge in [-0.1, -0.05) is 27.5 Å². The first kappa shape index (κ1) is 12.5. The Morgan fingerprint density at radius 2 is 2.18 bits per heavy atom. The molecule has 2 aromatic rings. The van der Waals surface area contributed by atoms with Crippen molar-refractivity contribution in [3.8, 4) is 11.3 Å². The molecule has 0 aliphatic heterocycles. The van der Waals surface area contributed by atoms with Crippen LogP contribution < -0.4 is 5.73 Å². The van der Waals surface area contributed by atoms with Crippen molar-refractivity contribution in [3.05, 3.63) is 33.5 Å². The van der Waals surface area contributed by atoms with E-state index in [-0.39, 0.29) is 0 Å². The zero-order valence-electron chi connectivity index (χ0n) is 9.67. The zero-order valence-corrected chi connectivity index (χ0v) is 12.0. The third-order valence-corrected chi connectivity index (χ3v) is 3.62. The number of nitrogen functional groups attached to an aromatic ring is 1. The van der Waals surface area contributed by atoms with E-state index in [4.69, 9.17) is 17.3 Å². The van der Waals surface area contributed by atoms with Gasteiger partial charge in [-0.3, -0.25) is 0 Å². The number of aromatic nitrogens is 2. The lowest BCUT2D eigenvalue weighted by atomic mass is 10.1. The van der Waals surface area contributed by atoms with E-state index in [9.17, 15) is 0 Å². The minimum absolute atomic E-state index is 0.673. The first-order chi connectivity index (χ1) is 8.04. The molecule has 0 saturated carbocycles. The summed E-state index contributed by atoms with van der Waals surface area (Å²) >= 11 is 9.50. The van der Waals surface area contributed by atoms with Crippen molar-refractivity contribution in [1.29, 1.82) is 0 Å². The molecule has 0 radical (unpaired) electrons. The summed E-state index contributed by atoms with van der Waals surface area (Å²) in [6, 6.07) is 5.59. The van der Waals surface area contributed by atoms with Crippen molar-refractivity contribution in [1.82, 2.24) is 9.55 Å². The summed E-state index contributed by atoms with van der Waals surface area (Å²) in [6.45, 7) is 4.80. The maximum atomic E-state index is 6.10. The molecule has 0 aliphatic carbocycles. The average molecular weight is 315 g/mol. The number of hydrogen-bond acceptors (Lipinski definition) is 2. The molecule has 3 nitrogen and oxygen atoms in total. The minimum Gasteiger partial charge on any atom is -0.383 e. The molecule has 2 rings (SSSR count). The van der Waals surface area contributed by atoms with Crippen LogP contribution in [0.4, 0.5) is 5.82 Å². The second kappa shape index (κ2) is 4.70. The van der Waals surface area contributed by atoms with Gasteiger partial charge < -0.3 is 10.3 Å². The molecule has 0 atom stereocenters. The fourth-order valence-electron chi connectivity index (χ4n) is 1.86. The Balaban J connectivity index is 2.64. The van der Waals surface area contributed by atoms with E-state index in [1.165, 1.54) is 0 Å². The van der Waals surface area contributed by atoms with Crippen molar-refractivity contribution in [3.63, 3.8) is 0 Å². The fraction of sp³-hybridized carbons (Fsp3) is 0.250. The molecule has 5 heteroatoms. The van der Waals surface area contributed by atoms with E-state index >= 15 is 0 Å². The molecular weight excluding hydrogens is 302 g/mol. The molecule has 0 amide bonds. The van der Waals surface area contributed by atoms with Gasteiger partial charge in [0.05, 0.1) is 0 Å². The summed E-state index contributed by atoms with van der Waals surface area (Å²) in [7, 11) is 0. The van der Waals surface area contributed by atoms with Crippen molar-refractivity contribution in [2.75, 3.05) is 5.73 Å². The van der Waals surface area contributed by atoms with E-state index in [0.29, 0.717) is 10.8 Å². The number of nitrogens with two attached hydrogens (primary N) is 1. The molecule has 1 aromatic carbocycles. The smallest absolute Gasteiger partial charge is 0.131 e. The SMILES string of the molecule is CCn1c(C)nc(-c2cc(Cl)ccc2Br)c1N. The van der Waals surface area contributed by atoms with E-state index < -0.39 is 0 Å². The molecule has 0 saturated heterocycles. The van der Waals surface area contributed by atoms with Gasteiger partial charge in [-0.05, 0) is 32.0 Å². The largest absolute Gasteiger partial charge is 0.383 e. The highest BCUT2D eigenvalue weighted by Crippen LogP contribution is 2.34. The zero-order chi connectivity index (χ0) is 12.6. The Morgan fingerprint density at radius 3 is 2.76 bits per heavy atom. The molecule has 0 bridgehead atoms. The second-order valence-corrected chi connectivity index (χ2v) is 5.05. The predicted molar refractivity (Wildman–Crippen MR) is 75.2 cm³/mol. The summed E-state index contributed by atoms with van der Waals surface area (Å²) in [5.74, 6) is 1.58. The quantitative estimate of drug-likeness (QED) is 0.914. The lowest BCUT2D eigenvalue weighted by Crippen LogP contribution is -2.02. The Kier molecular flexibility index (Phi) is 3.45. The van der Waals surface area contributed by atoms with Gasteiger partial charge in [0, 0.05) is 21.6 Å². The van der Waals surface area contributed by atoms with E-state index in [1.807, 2.05) is 36.6 Å². The van der Waals surface area contributed by atoms with Crippen LogP contribution in [-0.4, -0.2) is 9.55 Å². The Labute approximate surface area is 114 Å². The number of rotatable bonds is 2. The molecule has 1 aromatic heterocycles. The monoisotopic (exact) mass is 313 g/mol. The standard InChI is InChI=1S/C12H13BrClN3/c1-3-17-7(2)16-11(12(17)15)9-6-8(14)4-5-10(9)13/h4-6H,3,15H2,1-2H3. The van der Waals surface area contributed by atoms with E-state index in [0.717, 1.165) is 28.1 Å². The van der Waals surface area contributed by atoms with Gasteiger partial charge in [0.1, 0.15) is 17.3 Å². The number of halogens is 2. The van der Waals surface area contributed by atoms with Crippen LogP contribution in [0.3, 0.4) is 0 Å². The van der Waals surface area contributed by atoms with Crippen LogP contribution >= 0.6 is 27.5 Å². The average Bonchev–Trinajstić information content (AvgIpc) is 2.57. The number of hydrogen-bond donors (Lipinski definition) is 1. The number of aryl methyl sites for hydroxylation is 1. The number of nitrogens with zero attached hydrogens (tertiary/aromatic N) is 2. The molecule has 1 heterocycles. The molecule has 17 heavy (non-hydrogen) atoms. The molecule has 0 fully saturated rings. The summed E-state index contributed by atoms with van der Waals surface area (Å²) < 4.78 is 2.91. The second-order valence-electron chi connectivity index (χ2n) is 3.76. The number of anilines is 1. The van der Waals surface area contributed by atoms with Crippen LogP contribution in [0.15, 0.2) is 22.7 Å². The van der Waals surface area contributed by atoms with Crippen molar-refractivity contribution >= 4 is 33.3 Å². The normalized spacial score (nSPS) is 10.8. The first-order valence-corrected chi connectivity index (χ1v) is 6.49. The molecule has 0 unspecified atom stereocenters. The Hall–Kier alpha value is -1.00. The Morgan fingerprint density at radius 1 is 1.47 bits per heavy atom. The van der Waals surface area contributed by atoms with Crippen LogP contribution in [0.5, 0.6) is 0 Å². The van der Waals surface area contributed by atoms with Gasteiger partial charge in [-0.2, -0.15) is 0 Å². The number of imidazole rings is 1. The third kappa shape index (κ3) is 2.19. The summed E-state index contributed by atoms with van der Waals surface area (Å²) in [4.78, 5) is 4.50. The topological polar surface area (TPSA) is 43.8 Å². The molecule has 90 valence electrons. The van der Waals surface area contributed by atoms with Crippen molar-refractivity contribution in [2.45, 2.75) is 20.4 Å². The lowest BCUT2D eigenvalue weighted by molar-refractivity contribution is 0.739. The lowest BCUT2D eigenvalue weighted by Gasteiger charge is -2.05. The highest BCUT2D eigenvalue weighted by atomic mass is 79.9. The van der Waals surface area contributed by atoms with Crippen LogP contribution in [0.25, 0.3) is 11.3 Å². The van der Waals surface area contributed by atoms with E-state index in [2.05, 4.69) is 20.9 Å². The summed E-state index contributed by atoms with van der Waals surface area (Å²) in [5, 5.41) is 0.673. The molecule has 0 spiro atoms.